The molecule has 0 aromatic heterocycles. The molecule has 0 amide bonds. The van der Waals surface area contributed by atoms with E-state index in [0.29, 0.717) is 0 Å². The highest BCUT2D eigenvalue weighted by Gasteiger charge is 1.93. The summed E-state index contributed by atoms with van der Waals surface area (Å²) in [6.45, 7) is 4.39. The van der Waals surface area contributed by atoms with Gasteiger partial charge in [-0.25, -0.2) is 0 Å². The highest BCUT2D eigenvalue weighted by atomic mass is 79.9. The normalized spacial score (nSPS) is 10.1. The molecule has 3 heteroatoms. The van der Waals surface area contributed by atoms with Crippen LogP contribution in [0.2, 0.25) is 0 Å². The van der Waals surface area contributed by atoms with Gasteiger partial charge in [0.1, 0.15) is 0 Å². The molecule has 0 atom stereocenters. The van der Waals surface area contributed by atoms with Crippen LogP contribution >= 0.6 is 28.3 Å². The fourth-order valence-electron chi connectivity index (χ4n) is 1.87. The van der Waals surface area contributed by atoms with Crippen LogP contribution in [0, 0.1) is 0 Å². The smallest absolute Gasteiger partial charge is 0.0205 e. The van der Waals surface area contributed by atoms with Crippen molar-refractivity contribution in [2.45, 2.75) is 52.0 Å². The highest BCUT2D eigenvalue weighted by Crippen LogP contribution is 2.10. The molecule has 1 aromatic carbocycles. The minimum atomic E-state index is 0. The Kier molecular flexibility index (Phi) is 12.0. The van der Waals surface area contributed by atoms with E-state index in [1.165, 1.54) is 44.1 Å². The van der Waals surface area contributed by atoms with Crippen LogP contribution in [0.25, 0.3) is 0 Å². The number of benzene rings is 1. The molecule has 0 unspecified atom stereocenters. The summed E-state index contributed by atoms with van der Waals surface area (Å²) < 4.78 is 1.15. The molecule has 0 radical (unpaired) electrons. The number of hydrogen-bond donors (Lipinski definition) is 1. The molecule has 1 rings (SSSR count). The van der Waals surface area contributed by atoms with Crippen LogP contribution in [0.5, 0.6) is 0 Å². The van der Waals surface area contributed by atoms with Crippen molar-refractivity contribution in [2.24, 2.45) is 0 Å². The van der Waals surface area contributed by atoms with Crippen molar-refractivity contribution in [3.05, 3.63) is 34.3 Å². The number of nitrogens with one attached hydrogen (secondary N) is 1. The molecule has 0 fully saturated rings. The first kappa shape index (κ1) is 17.9. The summed E-state index contributed by atoms with van der Waals surface area (Å²) in [6.07, 6.45) is 8.21. The molecule has 104 valence electrons. The molecule has 0 aliphatic heterocycles. The van der Waals surface area contributed by atoms with Crippen molar-refractivity contribution in [2.75, 3.05) is 6.54 Å². The topological polar surface area (TPSA) is 12.0 Å². The van der Waals surface area contributed by atoms with Gasteiger partial charge in [-0.05, 0) is 30.7 Å². The Bertz CT molecular complexity index is 287. The van der Waals surface area contributed by atoms with E-state index in [9.17, 15) is 0 Å². The lowest BCUT2D eigenvalue weighted by Gasteiger charge is -2.05. The number of hydrogen-bond acceptors (Lipinski definition) is 1. The molecule has 0 saturated heterocycles. The number of unbranched alkanes of at least 4 members (excludes halogenated alkanes) is 5. The fraction of sp³-hybridized carbons (Fsp3) is 0.600. The third kappa shape index (κ3) is 8.96. The quantitative estimate of drug-likeness (QED) is 0.603. The van der Waals surface area contributed by atoms with Gasteiger partial charge < -0.3 is 5.32 Å². The van der Waals surface area contributed by atoms with Gasteiger partial charge in [0.2, 0.25) is 0 Å². The Hall–Kier alpha value is -0.0500. The van der Waals surface area contributed by atoms with Crippen LogP contribution < -0.4 is 5.32 Å². The van der Waals surface area contributed by atoms with Gasteiger partial charge in [-0.2, -0.15) is 0 Å². The molecule has 0 heterocycles. The Morgan fingerprint density at radius 2 is 1.56 bits per heavy atom. The van der Waals surface area contributed by atoms with Crippen molar-refractivity contribution in [3.8, 4) is 0 Å². The standard InChI is InChI=1S/C15H24BrN.ClH/c1-2-3-4-5-6-7-12-17-13-14-8-10-15(16)11-9-14;/h8-11,17H,2-7,12-13H2,1H3;1H. The third-order valence-electron chi connectivity index (χ3n) is 2.95. The van der Waals surface area contributed by atoms with Crippen LogP contribution in [-0.2, 0) is 6.54 Å². The molecule has 0 aliphatic carbocycles. The first-order valence-corrected chi connectivity index (χ1v) is 7.57. The lowest BCUT2D eigenvalue weighted by molar-refractivity contribution is 0.572. The summed E-state index contributed by atoms with van der Waals surface area (Å²) in [4.78, 5) is 0. The summed E-state index contributed by atoms with van der Waals surface area (Å²) in [5, 5.41) is 3.50. The zero-order chi connectivity index (χ0) is 12.3. The van der Waals surface area contributed by atoms with Crippen LogP contribution in [0.4, 0.5) is 0 Å². The molecule has 0 aliphatic rings. The minimum absolute atomic E-state index is 0. The van der Waals surface area contributed by atoms with Gasteiger partial charge in [0.05, 0.1) is 0 Å². The molecule has 0 bridgehead atoms. The SMILES string of the molecule is CCCCCCCCNCc1ccc(Br)cc1.Cl. The minimum Gasteiger partial charge on any atom is -0.313 e. The van der Waals surface area contributed by atoms with Gasteiger partial charge >= 0.3 is 0 Å². The molecule has 1 N–H and O–H groups in total. The summed E-state index contributed by atoms with van der Waals surface area (Å²) >= 11 is 3.45. The second kappa shape index (κ2) is 12.0. The first-order chi connectivity index (χ1) is 8.33. The van der Waals surface area contributed by atoms with E-state index in [0.717, 1.165) is 17.6 Å². The van der Waals surface area contributed by atoms with Crippen molar-refractivity contribution in [1.82, 2.24) is 5.32 Å². The maximum atomic E-state index is 3.50. The average molecular weight is 335 g/mol. The third-order valence-corrected chi connectivity index (χ3v) is 3.48. The lowest BCUT2D eigenvalue weighted by Crippen LogP contribution is -2.14. The molecule has 1 aromatic rings. The fourth-order valence-corrected chi connectivity index (χ4v) is 2.13. The molecular weight excluding hydrogens is 310 g/mol. The number of rotatable bonds is 9. The zero-order valence-corrected chi connectivity index (χ0v) is 13.7. The van der Waals surface area contributed by atoms with Gasteiger partial charge in [-0.15, -0.1) is 12.4 Å². The van der Waals surface area contributed by atoms with Gasteiger partial charge in [-0.3, -0.25) is 0 Å². The summed E-state index contributed by atoms with van der Waals surface area (Å²) in [5.74, 6) is 0. The summed E-state index contributed by atoms with van der Waals surface area (Å²) in [7, 11) is 0. The Balaban J connectivity index is 0.00000289. The summed E-state index contributed by atoms with van der Waals surface area (Å²) in [6, 6.07) is 8.53. The van der Waals surface area contributed by atoms with Crippen molar-refractivity contribution in [1.29, 1.82) is 0 Å². The van der Waals surface area contributed by atoms with Crippen molar-refractivity contribution < 1.29 is 0 Å². The Morgan fingerprint density at radius 1 is 0.944 bits per heavy atom. The second-order valence-corrected chi connectivity index (χ2v) is 5.49. The van der Waals surface area contributed by atoms with Crippen molar-refractivity contribution >= 4 is 28.3 Å². The van der Waals surface area contributed by atoms with Gasteiger partial charge in [0.15, 0.2) is 0 Å². The largest absolute Gasteiger partial charge is 0.313 e. The highest BCUT2D eigenvalue weighted by molar-refractivity contribution is 9.10. The number of halogens is 2. The zero-order valence-electron chi connectivity index (χ0n) is 11.3. The van der Waals surface area contributed by atoms with E-state index in [4.69, 9.17) is 0 Å². The van der Waals surface area contributed by atoms with Crippen LogP contribution in [0.3, 0.4) is 0 Å². The Morgan fingerprint density at radius 3 is 2.22 bits per heavy atom. The lowest BCUT2D eigenvalue weighted by atomic mass is 10.1. The van der Waals surface area contributed by atoms with Crippen LogP contribution in [-0.4, -0.2) is 6.54 Å². The van der Waals surface area contributed by atoms with Crippen LogP contribution in [0.15, 0.2) is 28.7 Å². The van der Waals surface area contributed by atoms with Gasteiger partial charge in [0.25, 0.3) is 0 Å². The van der Waals surface area contributed by atoms with E-state index >= 15 is 0 Å². The molecule has 0 saturated carbocycles. The van der Waals surface area contributed by atoms with E-state index in [1.807, 2.05) is 0 Å². The van der Waals surface area contributed by atoms with Crippen molar-refractivity contribution in [3.63, 3.8) is 0 Å². The van der Waals surface area contributed by atoms with E-state index in [1.54, 1.807) is 0 Å². The predicted octanol–water partition coefficient (Wildman–Crippen LogP) is 5.32. The first-order valence-electron chi connectivity index (χ1n) is 6.78. The van der Waals surface area contributed by atoms with Gasteiger partial charge in [0, 0.05) is 11.0 Å². The molecular formula is C15H25BrClN. The summed E-state index contributed by atoms with van der Waals surface area (Å²) in [5.41, 5.74) is 1.36. The maximum Gasteiger partial charge on any atom is 0.0205 e. The van der Waals surface area contributed by atoms with E-state index in [-0.39, 0.29) is 12.4 Å². The molecule has 18 heavy (non-hydrogen) atoms. The van der Waals surface area contributed by atoms with E-state index in [2.05, 4.69) is 52.4 Å². The average Bonchev–Trinajstić information content (AvgIpc) is 2.35. The predicted molar refractivity (Wildman–Crippen MR) is 86.5 cm³/mol. The molecule has 1 nitrogen and oxygen atoms in total. The molecule has 0 spiro atoms. The Labute approximate surface area is 126 Å². The monoisotopic (exact) mass is 333 g/mol. The van der Waals surface area contributed by atoms with E-state index < -0.39 is 0 Å². The maximum absolute atomic E-state index is 3.50. The second-order valence-electron chi connectivity index (χ2n) is 4.57. The van der Waals surface area contributed by atoms with Gasteiger partial charge in [-0.1, -0.05) is 67.1 Å². The van der Waals surface area contributed by atoms with Crippen LogP contribution in [0.1, 0.15) is 51.0 Å².